The summed E-state index contributed by atoms with van der Waals surface area (Å²) in [5.41, 5.74) is -4.01. The van der Waals surface area contributed by atoms with Crippen molar-refractivity contribution in [2.24, 2.45) is 5.92 Å². The van der Waals surface area contributed by atoms with E-state index < -0.39 is 35.9 Å². The SMILES string of the molecule is Cc1ccc([Si](NC(=O)C(C)C)(OS(=O)(=O)C(F)(F)F)c2ccc(C)cc2)cc1. The fraction of sp³-hybridized carbons (Fsp3) is 0.316. The van der Waals surface area contributed by atoms with Gasteiger partial charge in [-0.05, 0) is 24.2 Å². The van der Waals surface area contributed by atoms with Crippen LogP contribution in [0.5, 0.6) is 0 Å². The molecule has 0 atom stereocenters. The number of rotatable bonds is 6. The highest BCUT2D eigenvalue weighted by atomic mass is 32.2. The third-order valence-electron chi connectivity index (χ3n) is 4.26. The van der Waals surface area contributed by atoms with E-state index in [0.717, 1.165) is 11.1 Å². The monoisotopic (exact) mass is 445 g/mol. The molecule has 5 nitrogen and oxygen atoms in total. The van der Waals surface area contributed by atoms with Gasteiger partial charge < -0.3 is 4.98 Å². The van der Waals surface area contributed by atoms with Crippen LogP contribution in [0.1, 0.15) is 25.0 Å². The molecule has 29 heavy (non-hydrogen) atoms. The molecule has 2 aromatic rings. The summed E-state index contributed by atoms with van der Waals surface area (Å²) in [6, 6.07) is 12.4. The van der Waals surface area contributed by atoms with E-state index in [4.69, 9.17) is 3.87 Å². The summed E-state index contributed by atoms with van der Waals surface area (Å²) < 4.78 is 68.6. The lowest BCUT2D eigenvalue weighted by atomic mass is 10.2. The van der Waals surface area contributed by atoms with Crippen molar-refractivity contribution in [2.45, 2.75) is 33.2 Å². The van der Waals surface area contributed by atoms with Crippen molar-refractivity contribution in [2.75, 3.05) is 0 Å². The largest absolute Gasteiger partial charge is 0.522 e. The van der Waals surface area contributed by atoms with Gasteiger partial charge in [-0.1, -0.05) is 73.5 Å². The summed E-state index contributed by atoms with van der Waals surface area (Å²) >= 11 is 0. The van der Waals surface area contributed by atoms with Crippen LogP contribution < -0.4 is 15.4 Å². The third kappa shape index (κ3) is 5.06. The second kappa shape index (κ2) is 8.29. The predicted octanol–water partition coefficient (Wildman–Crippen LogP) is 2.50. The Labute approximate surface area is 169 Å². The van der Waals surface area contributed by atoms with E-state index in [0.29, 0.717) is 0 Å². The molecule has 0 bridgehead atoms. The number of hydrogen-bond donors (Lipinski definition) is 1. The van der Waals surface area contributed by atoms with E-state index in [1.54, 1.807) is 52.0 Å². The highest BCUT2D eigenvalue weighted by Crippen LogP contribution is 2.27. The van der Waals surface area contributed by atoms with Crippen LogP contribution in [-0.4, -0.2) is 28.3 Å². The number of carbonyl (C=O) groups is 1. The molecule has 158 valence electrons. The zero-order valence-electron chi connectivity index (χ0n) is 16.4. The third-order valence-corrected chi connectivity index (χ3v) is 9.59. The van der Waals surface area contributed by atoms with Crippen LogP contribution in [0.25, 0.3) is 0 Å². The van der Waals surface area contributed by atoms with Crippen molar-refractivity contribution < 1.29 is 30.3 Å². The van der Waals surface area contributed by atoms with Gasteiger partial charge in [0, 0.05) is 5.92 Å². The number of halogens is 3. The van der Waals surface area contributed by atoms with Gasteiger partial charge in [-0.25, -0.2) is 0 Å². The molecule has 0 aromatic heterocycles. The standard InChI is InChI=1S/C19H22F3NO4SSi/c1-13(2)18(24)23-29(16-9-5-14(3)6-10-16,17-11-7-15(4)8-12-17)27-28(25,26)19(20,21)22/h5-13H,1-4H3,(H,23,24). The molecule has 0 unspecified atom stereocenters. The van der Waals surface area contributed by atoms with Crippen LogP contribution in [0.2, 0.25) is 0 Å². The van der Waals surface area contributed by atoms with Crippen LogP contribution in [0.4, 0.5) is 13.2 Å². The molecule has 2 rings (SSSR count). The predicted molar refractivity (Wildman–Crippen MR) is 106 cm³/mol. The Morgan fingerprint density at radius 3 is 1.62 bits per heavy atom. The molecule has 0 saturated carbocycles. The Balaban J connectivity index is 2.81. The number of hydrogen-bond acceptors (Lipinski definition) is 4. The molecule has 0 fully saturated rings. The molecule has 2 aromatic carbocycles. The maximum atomic E-state index is 13.2. The minimum atomic E-state index is -6.00. The lowest BCUT2D eigenvalue weighted by Crippen LogP contribution is -2.73. The molecule has 0 spiro atoms. The van der Waals surface area contributed by atoms with Gasteiger partial charge in [0.1, 0.15) is 0 Å². The van der Waals surface area contributed by atoms with E-state index in [2.05, 4.69) is 4.98 Å². The second-order valence-corrected chi connectivity index (χ2v) is 11.8. The average molecular weight is 446 g/mol. The molecule has 1 amide bonds. The Hall–Kier alpha value is -2.17. The van der Waals surface area contributed by atoms with Gasteiger partial charge >= 0.3 is 24.1 Å². The average Bonchev–Trinajstić information content (AvgIpc) is 2.61. The minimum absolute atomic E-state index is 0.175. The van der Waals surface area contributed by atoms with Crippen LogP contribution >= 0.6 is 0 Å². The zero-order chi connectivity index (χ0) is 22.0. The molecule has 0 saturated heterocycles. The summed E-state index contributed by atoms with van der Waals surface area (Å²) in [6.07, 6.45) is 0. The van der Waals surface area contributed by atoms with Crippen molar-refractivity contribution in [1.29, 1.82) is 0 Å². The maximum Gasteiger partial charge on any atom is 0.522 e. The van der Waals surface area contributed by atoms with Gasteiger partial charge in [0.2, 0.25) is 5.91 Å². The van der Waals surface area contributed by atoms with Crippen LogP contribution in [0.3, 0.4) is 0 Å². The van der Waals surface area contributed by atoms with Crippen molar-refractivity contribution in [3.8, 4) is 0 Å². The molecule has 10 heteroatoms. The minimum Gasteiger partial charge on any atom is -0.352 e. The number of aryl methyl sites for hydroxylation is 2. The molecular weight excluding hydrogens is 423 g/mol. The van der Waals surface area contributed by atoms with Crippen LogP contribution in [0, 0.1) is 19.8 Å². The molecule has 0 aliphatic heterocycles. The fourth-order valence-electron chi connectivity index (χ4n) is 2.53. The summed E-state index contributed by atoms with van der Waals surface area (Å²) in [4.78, 5) is 15.1. The first kappa shape index (κ1) is 23.1. The first-order valence-electron chi connectivity index (χ1n) is 8.77. The van der Waals surface area contributed by atoms with E-state index in [1.807, 2.05) is 0 Å². The lowest BCUT2D eigenvalue weighted by molar-refractivity contribution is -0.122. The van der Waals surface area contributed by atoms with Gasteiger partial charge in [-0.3, -0.25) is 8.67 Å². The highest BCUT2D eigenvalue weighted by molar-refractivity contribution is 7.88. The first-order valence-corrected chi connectivity index (χ1v) is 12.1. The quantitative estimate of drug-likeness (QED) is 0.548. The van der Waals surface area contributed by atoms with Gasteiger partial charge in [-0.2, -0.15) is 21.6 Å². The number of nitrogens with one attached hydrogen (secondary N) is 1. The Morgan fingerprint density at radius 1 is 0.931 bits per heavy atom. The molecule has 0 heterocycles. The molecule has 1 N–H and O–H groups in total. The van der Waals surface area contributed by atoms with Crippen molar-refractivity contribution >= 4 is 34.9 Å². The number of alkyl halides is 3. The Bertz CT molecular complexity index is 927. The molecule has 0 aliphatic carbocycles. The summed E-state index contributed by atoms with van der Waals surface area (Å²) in [6.45, 7) is 6.66. The zero-order valence-corrected chi connectivity index (χ0v) is 18.2. The van der Waals surface area contributed by atoms with Crippen LogP contribution in [-0.2, 0) is 18.8 Å². The smallest absolute Gasteiger partial charge is 0.352 e. The summed E-state index contributed by atoms with van der Waals surface area (Å²) in [5.74, 6) is -1.22. The van der Waals surface area contributed by atoms with E-state index in [1.165, 1.54) is 24.3 Å². The molecule has 0 radical (unpaired) electrons. The first-order chi connectivity index (χ1) is 13.3. The number of benzene rings is 2. The van der Waals surface area contributed by atoms with E-state index in [-0.39, 0.29) is 10.4 Å². The molecule has 0 aliphatic rings. The van der Waals surface area contributed by atoms with E-state index >= 15 is 0 Å². The Kier molecular flexibility index (Phi) is 6.60. The maximum absolute atomic E-state index is 13.2. The van der Waals surface area contributed by atoms with Crippen LogP contribution in [0.15, 0.2) is 48.5 Å². The van der Waals surface area contributed by atoms with Gasteiger partial charge in [-0.15, -0.1) is 0 Å². The highest BCUT2D eigenvalue weighted by Gasteiger charge is 2.56. The van der Waals surface area contributed by atoms with Gasteiger partial charge in [0.25, 0.3) is 0 Å². The van der Waals surface area contributed by atoms with E-state index in [9.17, 15) is 26.4 Å². The summed E-state index contributed by atoms with van der Waals surface area (Å²) in [7, 11) is -10.4. The molecular formula is C19H22F3NO4SSi. The number of carbonyl (C=O) groups excluding carboxylic acids is 1. The van der Waals surface area contributed by atoms with Crippen molar-refractivity contribution in [3.05, 3.63) is 59.7 Å². The second-order valence-electron chi connectivity index (χ2n) is 7.04. The topological polar surface area (TPSA) is 72.5 Å². The van der Waals surface area contributed by atoms with Gasteiger partial charge in [0.15, 0.2) is 0 Å². The fourth-order valence-corrected chi connectivity index (χ4v) is 7.70. The Morgan fingerprint density at radius 2 is 1.31 bits per heavy atom. The van der Waals surface area contributed by atoms with Crippen molar-refractivity contribution in [3.63, 3.8) is 0 Å². The normalized spacial score (nSPS) is 12.8. The van der Waals surface area contributed by atoms with Crippen molar-refractivity contribution in [1.82, 2.24) is 4.98 Å². The van der Waals surface area contributed by atoms with Gasteiger partial charge in [0.05, 0.1) is 0 Å². The number of amides is 1. The lowest BCUT2D eigenvalue weighted by Gasteiger charge is -2.32. The summed E-state index contributed by atoms with van der Waals surface area (Å²) in [5, 5.41) is 0.350.